The first-order chi connectivity index (χ1) is 18.0. The van der Waals surface area contributed by atoms with E-state index < -0.39 is 12.0 Å². The van der Waals surface area contributed by atoms with E-state index in [0.29, 0.717) is 35.6 Å². The van der Waals surface area contributed by atoms with E-state index in [-0.39, 0.29) is 40.4 Å². The van der Waals surface area contributed by atoms with Crippen LogP contribution >= 0.6 is 11.6 Å². The van der Waals surface area contributed by atoms with Crippen LogP contribution in [-0.4, -0.2) is 69.9 Å². The van der Waals surface area contributed by atoms with Crippen LogP contribution in [0.15, 0.2) is 29.1 Å². The van der Waals surface area contributed by atoms with Crippen LogP contribution in [0.4, 0.5) is 16.4 Å². The summed E-state index contributed by atoms with van der Waals surface area (Å²) >= 11 is 5.91. The number of aromatic carboxylic acids is 1. The third kappa shape index (κ3) is 4.51. The van der Waals surface area contributed by atoms with E-state index in [4.69, 9.17) is 21.3 Å². The monoisotopic (exact) mass is 540 g/mol. The summed E-state index contributed by atoms with van der Waals surface area (Å²) in [5, 5.41) is 13.4. The molecule has 1 aliphatic heterocycles. The molecule has 0 radical (unpaired) electrons. The normalized spacial score (nSPS) is 20.7. The quantitative estimate of drug-likeness (QED) is 0.452. The molecule has 2 fully saturated rings. The Kier molecular flexibility index (Phi) is 6.42. The molecular weight excluding hydrogens is 512 g/mol. The maximum atomic E-state index is 13.4. The number of carboxylic acids is 1. The number of aryl methyl sites for hydroxylation is 1. The molecule has 2 aromatic heterocycles. The van der Waals surface area contributed by atoms with Gasteiger partial charge in [0.2, 0.25) is 5.95 Å². The van der Waals surface area contributed by atoms with Gasteiger partial charge in [-0.2, -0.15) is 0 Å². The van der Waals surface area contributed by atoms with Crippen molar-refractivity contribution in [3.63, 3.8) is 0 Å². The van der Waals surface area contributed by atoms with Gasteiger partial charge < -0.3 is 25.0 Å². The second-order valence-corrected chi connectivity index (χ2v) is 10.6. The van der Waals surface area contributed by atoms with Gasteiger partial charge in [-0.3, -0.25) is 9.36 Å². The van der Waals surface area contributed by atoms with E-state index in [2.05, 4.69) is 15.2 Å². The summed E-state index contributed by atoms with van der Waals surface area (Å²) in [5.74, 6) is -0.246. The summed E-state index contributed by atoms with van der Waals surface area (Å²) in [6.45, 7) is 5.05. The average molecular weight is 541 g/mol. The molecule has 2 N–H and O–H groups in total. The van der Waals surface area contributed by atoms with Gasteiger partial charge in [-0.05, 0) is 37.6 Å². The highest BCUT2D eigenvalue weighted by Gasteiger charge is 2.59. The van der Waals surface area contributed by atoms with E-state index in [1.54, 1.807) is 31.8 Å². The van der Waals surface area contributed by atoms with Crippen LogP contribution in [0.25, 0.3) is 10.9 Å². The number of halogens is 1. The molecule has 11 nitrogen and oxygen atoms in total. The fourth-order valence-electron chi connectivity index (χ4n) is 5.21. The lowest BCUT2D eigenvalue weighted by atomic mass is 10.0. The zero-order chi connectivity index (χ0) is 27.5. The molecule has 3 aromatic rings. The van der Waals surface area contributed by atoms with E-state index in [1.807, 2.05) is 26.0 Å². The van der Waals surface area contributed by atoms with Crippen molar-refractivity contribution in [3.05, 3.63) is 56.6 Å². The average Bonchev–Trinajstić information content (AvgIpc) is 3.28. The molecular formula is C26H29ClN6O5. The molecule has 38 heavy (non-hydrogen) atoms. The Morgan fingerprint density at radius 2 is 1.89 bits per heavy atom. The third-order valence-corrected chi connectivity index (χ3v) is 7.44. The van der Waals surface area contributed by atoms with Gasteiger partial charge >= 0.3 is 12.1 Å². The van der Waals surface area contributed by atoms with Crippen molar-refractivity contribution in [1.82, 2.24) is 19.4 Å². The number of benzene rings is 1. The fraction of sp³-hybridized carbons (Fsp3) is 0.423. The summed E-state index contributed by atoms with van der Waals surface area (Å²) in [6, 6.07) is 6.45. The Morgan fingerprint density at radius 3 is 2.53 bits per heavy atom. The van der Waals surface area contributed by atoms with Gasteiger partial charge in [0.05, 0.1) is 22.6 Å². The molecule has 1 aromatic carbocycles. The standard InChI is InChI=1S/C26H29ClN6O5/c1-12-8-14(13(2)28-18-6-7-19(27)29-21(18)24(35)36)20-15(9-12)23(34)32(5)25(30-20)33-10-16-17(11-33)22(16)38-26(37)31(3)4/h6-9,13,16-17,22,28H,10-11H2,1-5H3,(H,35,36)/t13-,16+,17+/m0/s1. The number of amides is 1. The molecule has 1 amide bonds. The van der Waals surface area contributed by atoms with Crippen LogP contribution < -0.4 is 15.8 Å². The lowest BCUT2D eigenvalue weighted by molar-refractivity contribution is 0.0691. The topological polar surface area (TPSA) is 130 Å². The molecule has 200 valence electrons. The van der Waals surface area contributed by atoms with Crippen molar-refractivity contribution in [2.24, 2.45) is 18.9 Å². The van der Waals surface area contributed by atoms with Crippen LogP contribution in [0.3, 0.4) is 0 Å². The van der Waals surface area contributed by atoms with Crippen molar-refractivity contribution in [1.29, 1.82) is 0 Å². The van der Waals surface area contributed by atoms with E-state index >= 15 is 0 Å². The van der Waals surface area contributed by atoms with Crippen molar-refractivity contribution in [2.75, 3.05) is 37.4 Å². The first kappa shape index (κ1) is 25.8. The Balaban J connectivity index is 1.47. The van der Waals surface area contributed by atoms with Crippen LogP contribution in [0.1, 0.15) is 34.6 Å². The van der Waals surface area contributed by atoms with Gasteiger partial charge in [0.25, 0.3) is 5.56 Å². The molecule has 1 saturated heterocycles. The van der Waals surface area contributed by atoms with Crippen LogP contribution in [0, 0.1) is 18.8 Å². The number of carbonyl (C=O) groups is 2. The van der Waals surface area contributed by atoms with Crippen molar-refractivity contribution >= 4 is 46.2 Å². The third-order valence-electron chi connectivity index (χ3n) is 7.23. The highest BCUT2D eigenvalue weighted by molar-refractivity contribution is 6.29. The summed E-state index contributed by atoms with van der Waals surface area (Å²) < 4.78 is 7.12. The lowest BCUT2D eigenvalue weighted by Gasteiger charge is -2.25. The number of hydrogen-bond acceptors (Lipinski definition) is 8. The number of carboxylic acid groups (broad SMARTS) is 1. The second-order valence-electron chi connectivity index (χ2n) is 10.2. The molecule has 0 spiro atoms. The largest absolute Gasteiger partial charge is 0.476 e. The number of fused-ring (bicyclic) bond motifs is 2. The number of piperidine rings is 1. The Hall–Kier alpha value is -3.86. The zero-order valence-corrected chi connectivity index (χ0v) is 22.5. The fourth-order valence-corrected chi connectivity index (χ4v) is 5.36. The number of anilines is 2. The predicted molar refractivity (Wildman–Crippen MR) is 143 cm³/mol. The van der Waals surface area contributed by atoms with Crippen molar-refractivity contribution in [2.45, 2.75) is 26.0 Å². The minimum atomic E-state index is -1.20. The summed E-state index contributed by atoms with van der Waals surface area (Å²) in [7, 11) is 5.02. The minimum Gasteiger partial charge on any atom is -0.476 e. The van der Waals surface area contributed by atoms with E-state index in [9.17, 15) is 19.5 Å². The number of nitrogens with zero attached hydrogens (tertiary/aromatic N) is 5. The smallest absolute Gasteiger partial charge is 0.409 e. The maximum Gasteiger partial charge on any atom is 0.409 e. The summed E-state index contributed by atoms with van der Waals surface area (Å²) in [4.78, 5) is 49.5. The highest BCUT2D eigenvalue weighted by atomic mass is 35.5. The molecule has 1 saturated carbocycles. The minimum absolute atomic E-state index is 0.0822. The number of rotatable bonds is 6. The Morgan fingerprint density at radius 1 is 1.21 bits per heavy atom. The number of hydrogen-bond donors (Lipinski definition) is 2. The first-order valence-corrected chi connectivity index (χ1v) is 12.6. The number of nitrogens with one attached hydrogen (secondary N) is 1. The zero-order valence-electron chi connectivity index (χ0n) is 21.7. The van der Waals surface area contributed by atoms with Gasteiger partial charge in [-0.25, -0.2) is 19.6 Å². The molecule has 12 heteroatoms. The SMILES string of the molecule is Cc1cc([C@H](C)Nc2ccc(Cl)nc2C(=O)O)c2nc(N3C[C@H]4C(OC(=O)N(C)C)[C@@H]4C3)n(C)c(=O)c2c1. The van der Waals surface area contributed by atoms with Gasteiger partial charge in [-0.1, -0.05) is 17.7 Å². The van der Waals surface area contributed by atoms with Crippen LogP contribution in [0.2, 0.25) is 5.15 Å². The summed E-state index contributed by atoms with van der Waals surface area (Å²) in [5.41, 5.74) is 2.14. The molecule has 2 aliphatic rings. The molecule has 5 rings (SSSR count). The molecule has 0 unspecified atom stereocenters. The molecule has 3 atom stereocenters. The van der Waals surface area contributed by atoms with Crippen molar-refractivity contribution in [3.8, 4) is 0 Å². The van der Waals surface area contributed by atoms with Crippen LogP contribution in [-0.2, 0) is 11.8 Å². The number of ether oxygens (including phenoxy) is 1. The second kappa shape index (κ2) is 9.46. The first-order valence-electron chi connectivity index (χ1n) is 12.3. The lowest BCUT2D eigenvalue weighted by Crippen LogP contribution is -2.34. The summed E-state index contributed by atoms with van der Waals surface area (Å²) in [6.07, 6.45) is -0.465. The van der Waals surface area contributed by atoms with Crippen LogP contribution in [0.5, 0.6) is 0 Å². The molecule has 1 aliphatic carbocycles. The van der Waals surface area contributed by atoms with Crippen molar-refractivity contribution < 1.29 is 19.4 Å². The number of pyridine rings is 1. The van der Waals surface area contributed by atoms with Gasteiger partial charge in [-0.15, -0.1) is 0 Å². The molecule has 3 heterocycles. The number of aromatic nitrogens is 3. The highest BCUT2D eigenvalue weighted by Crippen LogP contribution is 2.48. The van der Waals surface area contributed by atoms with Gasteiger partial charge in [0, 0.05) is 51.6 Å². The Labute approximate surface area is 224 Å². The van der Waals surface area contributed by atoms with E-state index in [0.717, 1.165) is 11.1 Å². The van der Waals surface area contributed by atoms with Gasteiger partial charge in [0.1, 0.15) is 11.3 Å². The predicted octanol–water partition coefficient (Wildman–Crippen LogP) is 3.29. The van der Waals surface area contributed by atoms with E-state index in [1.165, 1.54) is 11.0 Å². The number of carbonyl (C=O) groups excluding carboxylic acids is 1. The Bertz CT molecular complexity index is 1510. The maximum absolute atomic E-state index is 13.4. The molecule has 0 bridgehead atoms. The van der Waals surface area contributed by atoms with Gasteiger partial charge in [0.15, 0.2) is 5.69 Å².